The molecule has 1 aliphatic heterocycles. The molecule has 0 bridgehead atoms. The Balaban J connectivity index is 1.76. The molecule has 0 unspecified atom stereocenters. The van der Waals surface area contributed by atoms with Crippen molar-refractivity contribution in [1.29, 1.82) is 0 Å². The lowest BCUT2D eigenvalue weighted by Gasteiger charge is -2.33. The van der Waals surface area contributed by atoms with E-state index in [2.05, 4.69) is 15.5 Å². The average Bonchev–Trinajstić information content (AvgIpc) is 2.92. The standard InChI is InChI=1S/C12H20N6O3/c1-2-17-9-14-15-10(17)7-13-12(21)18-5-3-16(4-6-18)8-11(19)20/h9H,2-8H2,1H3,(H,13,21)(H,19,20). The molecule has 0 saturated carbocycles. The molecule has 2 amide bonds. The Morgan fingerprint density at radius 3 is 2.67 bits per heavy atom. The van der Waals surface area contributed by atoms with Crippen molar-refractivity contribution in [3.05, 3.63) is 12.2 Å². The lowest BCUT2D eigenvalue weighted by Crippen LogP contribution is -2.52. The van der Waals surface area contributed by atoms with Crippen LogP contribution < -0.4 is 5.32 Å². The van der Waals surface area contributed by atoms with Crippen LogP contribution in [0, 0.1) is 0 Å². The van der Waals surface area contributed by atoms with Crippen molar-refractivity contribution in [3.8, 4) is 0 Å². The van der Waals surface area contributed by atoms with Crippen LogP contribution in [-0.4, -0.2) is 74.4 Å². The normalized spacial score (nSPS) is 16.0. The molecule has 1 aliphatic rings. The van der Waals surface area contributed by atoms with Crippen LogP contribution in [0.1, 0.15) is 12.7 Å². The van der Waals surface area contributed by atoms with Crippen LogP contribution in [0.5, 0.6) is 0 Å². The summed E-state index contributed by atoms with van der Waals surface area (Å²) in [6.45, 7) is 5.30. The molecule has 0 radical (unpaired) electrons. The summed E-state index contributed by atoms with van der Waals surface area (Å²) in [6, 6.07) is -0.157. The summed E-state index contributed by atoms with van der Waals surface area (Å²) >= 11 is 0. The Morgan fingerprint density at radius 1 is 1.33 bits per heavy atom. The molecule has 2 rings (SSSR count). The van der Waals surface area contributed by atoms with E-state index in [4.69, 9.17) is 5.11 Å². The first kappa shape index (κ1) is 15.2. The number of carbonyl (C=O) groups is 2. The third kappa shape index (κ3) is 4.15. The highest BCUT2D eigenvalue weighted by Gasteiger charge is 2.22. The van der Waals surface area contributed by atoms with E-state index in [0.29, 0.717) is 32.7 Å². The van der Waals surface area contributed by atoms with E-state index < -0.39 is 5.97 Å². The van der Waals surface area contributed by atoms with E-state index in [1.165, 1.54) is 0 Å². The van der Waals surface area contributed by atoms with E-state index in [9.17, 15) is 9.59 Å². The highest BCUT2D eigenvalue weighted by molar-refractivity contribution is 5.74. The van der Waals surface area contributed by atoms with Crippen LogP contribution in [0.15, 0.2) is 6.33 Å². The van der Waals surface area contributed by atoms with Gasteiger partial charge in [-0.05, 0) is 6.92 Å². The maximum Gasteiger partial charge on any atom is 0.317 e. The van der Waals surface area contributed by atoms with Gasteiger partial charge in [0.05, 0.1) is 13.1 Å². The van der Waals surface area contributed by atoms with Gasteiger partial charge < -0.3 is 19.9 Å². The minimum Gasteiger partial charge on any atom is -0.480 e. The molecular weight excluding hydrogens is 276 g/mol. The minimum atomic E-state index is -0.841. The Bertz CT molecular complexity index is 495. The van der Waals surface area contributed by atoms with Crippen LogP contribution >= 0.6 is 0 Å². The number of hydrogen-bond donors (Lipinski definition) is 2. The molecular formula is C12H20N6O3. The van der Waals surface area contributed by atoms with Crippen molar-refractivity contribution < 1.29 is 14.7 Å². The molecule has 2 heterocycles. The zero-order chi connectivity index (χ0) is 15.2. The number of carbonyl (C=O) groups excluding carboxylic acids is 1. The molecule has 1 aromatic heterocycles. The second-order valence-corrected chi connectivity index (χ2v) is 4.85. The van der Waals surface area contributed by atoms with E-state index in [1.807, 2.05) is 16.4 Å². The summed E-state index contributed by atoms with van der Waals surface area (Å²) < 4.78 is 1.87. The third-order valence-electron chi connectivity index (χ3n) is 3.45. The first-order valence-electron chi connectivity index (χ1n) is 6.93. The second kappa shape index (κ2) is 7.02. The number of carboxylic acids is 1. The SMILES string of the molecule is CCn1cnnc1CNC(=O)N1CCN(CC(=O)O)CC1. The van der Waals surface area contributed by atoms with E-state index >= 15 is 0 Å². The number of carboxylic acid groups (broad SMARTS) is 1. The van der Waals surface area contributed by atoms with Crippen LogP contribution in [0.2, 0.25) is 0 Å². The Hall–Kier alpha value is -2.16. The average molecular weight is 296 g/mol. The fourth-order valence-corrected chi connectivity index (χ4v) is 2.25. The zero-order valence-corrected chi connectivity index (χ0v) is 12.0. The fourth-order valence-electron chi connectivity index (χ4n) is 2.25. The van der Waals surface area contributed by atoms with Gasteiger partial charge in [-0.1, -0.05) is 0 Å². The van der Waals surface area contributed by atoms with E-state index in [-0.39, 0.29) is 12.6 Å². The number of piperazine rings is 1. The summed E-state index contributed by atoms with van der Waals surface area (Å²) in [7, 11) is 0. The molecule has 9 nitrogen and oxygen atoms in total. The van der Waals surface area contributed by atoms with Gasteiger partial charge in [0, 0.05) is 32.7 Å². The largest absolute Gasteiger partial charge is 0.480 e. The molecule has 1 saturated heterocycles. The van der Waals surface area contributed by atoms with Crippen molar-refractivity contribution >= 4 is 12.0 Å². The topological polar surface area (TPSA) is 104 Å². The van der Waals surface area contributed by atoms with Gasteiger partial charge in [0.2, 0.25) is 0 Å². The van der Waals surface area contributed by atoms with Crippen molar-refractivity contribution in [2.75, 3.05) is 32.7 Å². The lowest BCUT2D eigenvalue weighted by molar-refractivity contribution is -0.138. The molecule has 1 aromatic rings. The summed E-state index contributed by atoms with van der Waals surface area (Å²) in [5.41, 5.74) is 0. The van der Waals surface area contributed by atoms with Crippen LogP contribution in [0.4, 0.5) is 4.79 Å². The van der Waals surface area contributed by atoms with E-state index in [0.717, 1.165) is 12.4 Å². The first-order chi connectivity index (χ1) is 10.1. The minimum absolute atomic E-state index is 0.0229. The number of hydrogen-bond acceptors (Lipinski definition) is 5. The maximum absolute atomic E-state index is 12.0. The van der Waals surface area contributed by atoms with Crippen molar-refractivity contribution in [2.45, 2.75) is 20.0 Å². The molecule has 0 atom stereocenters. The fraction of sp³-hybridized carbons (Fsp3) is 0.667. The smallest absolute Gasteiger partial charge is 0.317 e. The van der Waals surface area contributed by atoms with Crippen LogP contribution in [0.3, 0.4) is 0 Å². The summed E-state index contributed by atoms with van der Waals surface area (Å²) in [5, 5.41) is 19.3. The molecule has 0 spiro atoms. The molecule has 1 fully saturated rings. The lowest BCUT2D eigenvalue weighted by atomic mass is 10.3. The number of aromatic nitrogens is 3. The monoisotopic (exact) mass is 296 g/mol. The van der Waals surface area contributed by atoms with Gasteiger partial charge in [-0.25, -0.2) is 4.79 Å². The maximum atomic E-state index is 12.0. The number of urea groups is 1. The highest BCUT2D eigenvalue weighted by Crippen LogP contribution is 2.02. The molecule has 0 aliphatic carbocycles. The van der Waals surface area contributed by atoms with Gasteiger partial charge in [0.25, 0.3) is 0 Å². The van der Waals surface area contributed by atoms with E-state index in [1.54, 1.807) is 11.2 Å². The van der Waals surface area contributed by atoms with Crippen molar-refractivity contribution in [1.82, 2.24) is 29.9 Å². The molecule has 0 aromatic carbocycles. The van der Waals surface area contributed by atoms with Gasteiger partial charge in [0.15, 0.2) is 5.82 Å². The zero-order valence-electron chi connectivity index (χ0n) is 12.0. The summed E-state index contributed by atoms with van der Waals surface area (Å²) in [4.78, 5) is 26.2. The van der Waals surface area contributed by atoms with Gasteiger partial charge in [0.1, 0.15) is 6.33 Å². The molecule has 116 valence electrons. The Kier molecular flexibility index (Phi) is 5.09. The third-order valence-corrected chi connectivity index (χ3v) is 3.45. The van der Waals surface area contributed by atoms with Gasteiger partial charge >= 0.3 is 12.0 Å². The number of amides is 2. The molecule has 9 heteroatoms. The van der Waals surface area contributed by atoms with Crippen molar-refractivity contribution in [3.63, 3.8) is 0 Å². The summed E-state index contributed by atoms with van der Waals surface area (Å²) in [6.07, 6.45) is 1.63. The number of aliphatic carboxylic acids is 1. The Morgan fingerprint density at radius 2 is 2.05 bits per heavy atom. The highest BCUT2D eigenvalue weighted by atomic mass is 16.4. The van der Waals surface area contributed by atoms with Gasteiger partial charge in [-0.15, -0.1) is 10.2 Å². The quantitative estimate of drug-likeness (QED) is 0.738. The van der Waals surface area contributed by atoms with Crippen LogP contribution in [0.25, 0.3) is 0 Å². The predicted octanol–water partition coefficient (Wildman–Crippen LogP) is -0.790. The number of rotatable bonds is 5. The molecule has 21 heavy (non-hydrogen) atoms. The summed E-state index contributed by atoms with van der Waals surface area (Å²) in [5.74, 6) is -0.123. The van der Waals surface area contributed by atoms with Crippen molar-refractivity contribution in [2.24, 2.45) is 0 Å². The number of nitrogens with one attached hydrogen (secondary N) is 1. The molecule has 2 N–H and O–H groups in total. The van der Waals surface area contributed by atoms with Crippen LogP contribution in [-0.2, 0) is 17.9 Å². The second-order valence-electron chi connectivity index (χ2n) is 4.85. The van der Waals surface area contributed by atoms with Gasteiger partial charge in [-0.3, -0.25) is 9.69 Å². The first-order valence-corrected chi connectivity index (χ1v) is 6.93. The number of aryl methyl sites for hydroxylation is 1. The predicted molar refractivity (Wildman–Crippen MR) is 73.6 cm³/mol. The van der Waals surface area contributed by atoms with Gasteiger partial charge in [-0.2, -0.15) is 0 Å². The Labute approximate surface area is 122 Å². The number of nitrogens with zero attached hydrogens (tertiary/aromatic N) is 5.